The first-order chi connectivity index (χ1) is 20.7. The van der Waals surface area contributed by atoms with Crippen LogP contribution in [0.2, 0.25) is 0 Å². The lowest BCUT2D eigenvalue weighted by atomic mass is 10.1. The number of carbonyl (C=O) groups is 1. The Kier molecular flexibility index (Phi) is 8.58. The van der Waals surface area contributed by atoms with E-state index in [1.807, 2.05) is 24.3 Å². The van der Waals surface area contributed by atoms with Crippen LogP contribution >= 0.6 is 0 Å². The SMILES string of the molecule is COc1cc(O)cc(Nc2nc3ccccc3nc2NS(=O)(=O)c2cccc(NC(=O)CCc3ccccc3OC)c2)c1. The monoisotopic (exact) mass is 599 g/mol. The summed E-state index contributed by atoms with van der Waals surface area (Å²) in [7, 11) is -1.14. The molecule has 220 valence electrons. The van der Waals surface area contributed by atoms with Gasteiger partial charge in [-0.05, 0) is 48.4 Å². The average molecular weight is 600 g/mol. The first kappa shape index (κ1) is 29.1. The quantitative estimate of drug-likeness (QED) is 0.155. The second-order valence-electron chi connectivity index (χ2n) is 9.45. The minimum absolute atomic E-state index is 0.0560. The molecule has 4 N–H and O–H groups in total. The molecule has 4 aromatic carbocycles. The van der Waals surface area contributed by atoms with E-state index < -0.39 is 10.0 Å². The van der Waals surface area contributed by atoms with E-state index in [4.69, 9.17) is 9.47 Å². The molecular formula is C31H29N5O6S. The van der Waals surface area contributed by atoms with Crippen LogP contribution in [0.1, 0.15) is 12.0 Å². The molecule has 0 saturated carbocycles. The predicted molar refractivity (Wildman–Crippen MR) is 165 cm³/mol. The van der Waals surface area contributed by atoms with Gasteiger partial charge in [-0.15, -0.1) is 0 Å². The topological polar surface area (TPSA) is 152 Å². The molecule has 1 amide bonds. The van der Waals surface area contributed by atoms with Gasteiger partial charge in [-0.25, -0.2) is 18.4 Å². The van der Waals surface area contributed by atoms with Gasteiger partial charge in [0.25, 0.3) is 10.0 Å². The third-order valence-corrected chi connectivity index (χ3v) is 7.77. The number of sulfonamides is 1. The normalized spacial score (nSPS) is 11.1. The number of aromatic nitrogens is 2. The number of phenolic OH excluding ortho intramolecular Hbond substituents is 1. The molecule has 1 heterocycles. The molecule has 0 aliphatic rings. The van der Waals surface area contributed by atoms with Crippen molar-refractivity contribution in [3.63, 3.8) is 0 Å². The van der Waals surface area contributed by atoms with E-state index >= 15 is 0 Å². The fourth-order valence-corrected chi connectivity index (χ4v) is 5.43. The van der Waals surface area contributed by atoms with E-state index in [0.717, 1.165) is 5.56 Å². The predicted octanol–water partition coefficient (Wildman–Crippen LogP) is 5.47. The van der Waals surface area contributed by atoms with Crippen LogP contribution in [0.4, 0.5) is 23.0 Å². The third-order valence-electron chi connectivity index (χ3n) is 6.43. The summed E-state index contributed by atoms with van der Waals surface area (Å²) < 4.78 is 40.1. The van der Waals surface area contributed by atoms with Crippen LogP contribution < -0.4 is 24.8 Å². The molecule has 0 bridgehead atoms. The van der Waals surface area contributed by atoms with E-state index in [2.05, 4.69) is 25.3 Å². The number of fused-ring (bicyclic) bond motifs is 1. The second-order valence-corrected chi connectivity index (χ2v) is 11.1. The molecule has 43 heavy (non-hydrogen) atoms. The van der Waals surface area contributed by atoms with E-state index in [-0.39, 0.29) is 34.6 Å². The Morgan fingerprint density at radius 3 is 2.28 bits per heavy atom. The number of carbonyl (C=O) groups excluding carboxylic acids is 1. The van der Waals surface area contributed by atoms with Gasteiger partial charge in [-0.1, -0.05) is 36.4 Å². The molecule has 0 atom stereocenters. The number of aryl methyl sites for hydroxylation is 1. The number of ether oxygens (including phenoxy) is 2. The van der Waals surface area contributed by atoms with E-state index in [9.17, 15) is 18.3 Å². The Morgan fingerprint density at radius 1 is 0.814 bits per heavy atom. The molecular weight excluding hydrogens is 570 g/mol. The summed E-state index contributed by atoms with van der Waals surface area (Å²) in [4.78, 5) is 21.6. The van der Waals surface area contributed by atoms with Crippen molar-refractivity contribution in [1.29, 1.82) is 0 Å². The molecule has 12 heteroatoms. The zero-order chi connectivity index (χ0) is 30.4. The maximum Gasteiger partial charge on any atom is 0.263 e. The summed E-state index contributed by atoms with van der Waals surface area (Å²) in [5.41, 5.74) is 2.61. The van der Waals surface area contributed by atoms with E-state index in [1.54, 1.807) is 43.5 Å². The number of phenols is 1. The third kappa shape index (κ3) is 7.11. The van der Waals surface area contributed by atoms with Crippen LogP contribution in [0.5, 0.6) is 17.2 Å². The molecule has 0 unspecified atom stereocenters. The van der Waals surface area contributed by atoms with Gasteiger partial charge in [0.1, 0.15) is 17.2 Å². The fraction of sp³-hybridized carbons (Fsp3) is 0.129. The highest BCUT2D eigenvalue weighted by Gasteiger charge is 2.20. The van der Waals surface area contributed by atoms with Crippen molar-refractivity contribution >= 4 is 50.0 Å². The maximum absolute atomic E-state index is 13.5. The summed E-state index contributed by atoms with van der Waals surface area (Å²) in [5.74, 6) is 0.799. The summed E-state index contributed by atoms with van der Waals surface area (Å²) in [6, 6.07) is 24.9. The van der Waals surface area contributed by atoms with Gasteiger partial charge >= 0.3 is 0 Å². The van der Waals surface area contributed by atoms with Crippen molar-refractivity contribution < 1.29 is 27.8 Å². The Morgan fingerprint density at radius 2 is 1.53 bits per heavy atom. The van der Waals surface area contributed by atoms with Crippen LogP contribution in [0.15, 0.2) is 95.9 Å². The number of nitrogens with one attached hydrogen (secondary N) is 3. The summed E-state index contributed by atoms with van der Waals surface area (Å²) >= 11 is 0. The Hall–Kier alpha value is -5.36. The molecule has 0 saturated heterocycles. The Labute approximate surface area is 248 Å². The molecule has 0 aliphatic heterocycles. The van der Waals surface area contributed by atoms with Gasteiger partial charge in [0.2, 0.25) is 5.91 Å². The van der Waals surface area contributed by atoms with Gasteiger partial charge in [-0.3, -0.25) is 9.52 Å². The Balaban J connectivity index is 1.37. The number of benzene rings is 4. The Bertz CT molecular complexity index is 1900. The van der Waals surface area contributed by atoms with Gasteiger partial charge in [-0.2, -0.15) is 0 Å². The average Bonchev–Trinajstić information content (AvgIpc) is 3.00. The lowest BCUT2D eigenvalue weighted by Crippen LogP contribution is -2.17. The zero-order valence-corrected chi connectivity index (χ0v) is 24.2. The first-order valence-electron chi connectivity index (χ1n) is 13.2. The molecule has 5 aromatic rings. The number of methoxy groups -OCH3 is 2. The largest absolute Gasteiger partial charge is 0.508 e. The number of anilines is 4. The zero-order valence-electron chi connectivity index (χ0n) is 23.4. The van der Waals surface area contributed by atoms with Crippen LogP contribution in [0.25, 0.3) is 11.0 Å². The molecule has 5 rings (SSSR count). The molecule has 11 nitrogen and oxygen atoms in total. The number of hydrogen-bond donors (Lipinski definition) is 4. The summed E-state index contributed by atoms with van der Waals surface area (Å²) in [6.45, 7) is 0. The van der Waals surface area contributed by atoms with Gasteiger partial charge < -0.3 is 25.2 Å². The van der Waals surface area contributed by atoms with E-state index in [1.165, 1.54) is 37.4 Å². The molecule has 0 fully saturated rings. The number of para-hydroxylation sites is 3. The lowest BCUT2D eigenvalue weighted by Gasteiger charge is -2.15. The van der Waals surface area contributed by atoms with Crippen LogP contribution in [-0.4, -0.2) is 43.6 Å². The number of rotatable bonds is 11. The number of amides is 1. The van der Waals surface area contributed by atoms with Gasteiger partial charge in [0.15, 0.2) is 11.6 Å². The van der Waals surface area contributed by atoms with Crippen LogP contribution in [-0.2, 0) is 21.2 Å². The first-order valence-corrected chi connectivity index (χ1v) is 14.7. The van der Waals surface area contributed by atoms with Crippen molar-refractivity contribution in [1.82, 2.24) is 9.97 Å². The van der Waals surface area contributed by atoms with E-state index in [0.29, 0.717) is 40.3 Å². The van der Waals surface area contributed by atoms with Crippen LogP contribution in [0.3, 0.4) is 0 Å². The standard InChI is InChI=1S/C31H29N5O6S/c1-41-24-17-22(16-23(37)19-24)33-30-31(35-27-12-5-4-11-26(27)34-30)36-43(39,40)25-10-7-9-21(18-25)32-29(38)15-14-20-8-3-6-13-28(20)42-2/h3-13,16-19,37H,14-15H2,1-2H3,(H,32,38)(H,33,34)(H,35,36). The van der Waals surface area contributed by atoms with Crippen LogP contribution in [0, 0.1) is 0 Å². The van der Waals surface area contributed by atoms with Crippen molar-refractivity contribution in [2.75, 3.05) is 29.6 Å². The number of aromatic hydroxyl groups is 1. The fourth-order valence-electron chi connectivity index (χ4n) is 4.38. The van der Waals surface area contributed by atoms with Crippen molar-refractivity contribution in [2.24, 2.45) is 0 Å². The maximum atomic E-state index is 13.5. The molecule has 0 spiro atoms. The highest BCUT2D eigenvalue weighted by atomic mass is 32.2. The highest BCUT2D eigenvalue weighted by molar-refractivity contribution is 7.92. The lowest BCUT2D eigenvalue weighted by molar-refractivity contribution is -0.116. The summed E-state index contributed by atoms with van der Waals surface area (Å²) in [6.07, 6.45) is 0.633. The van der Waals surface area contributed by atoms with Gasteiger partial charge in [0.05, 0.1) is 30.1 Å². The minimum atomic E-state index is -4.17. The van der Waals surface area contributed by atoms with Crippen molar-refractivity contribution in [3.8, 4) is 17.2 Å². The number of hydrogen-bond acceptors (Lipinski definition) is 9. The number of nitrogens with zero attached hydrogens (tertiary/aromatic N) is 2. The molecule has 1 aromatic heterocycles. The van der Waals surface area contributed by atoms with Gasteiger partial charge in [0, 0.05) is 36.0 Å². The minimum Gasteiger partial charge on any atom is -0.508 e. The molecule has 0 aliphatic carbocycles. The summed E-state index contributed by atoms with van der Waals surface area (Å²) in [5, 5.41) is 15.9. The highest BCUT2D eigenvalue weighted by Crippen LogP contribution is 2.31. The van der Waals surface area contributed by atoms with Crippen molar-refractivity contribution in [2.45, 2.75) is 17.7 Å². The second kappa shape index (κ2) is 12.7. The smallest absolute Gasteiger partial charge is 0.263 e. The molecule has 0 radical (unpaired) electrons. The van der Waals surface area contributed by atoms with Crippen molar-refractivity contribution in [3.05, 3.63) is 96.6 Å².